The number of benzene rings is 4. The van der Waals surface area contributed by atoms with Crippen molar-refractivity contribution in [2.24, 2.45) is 0 Å². The number of carboxylic acid groups (broad SMARTS) is 1. The molecule has 0 saturated carbocycles. The predicted octanol–water partition coefficient (Wildman–Crippen LogP) is 4.64. The zero-order valence-corrected chi connectivity index (χ0v) is 29.9. The smallest absolute Gasteiger partial charge is 0.388 e. The number of hydrogen-bond acceptors (Lipinski definition) is 9. The second-order valence-electron chi connectivity index (χ2n) is 11.9. The van der Waals surface area contributed by atoms with Gasteiger partial charge in [0, 0.05) is 36.2 Å². The van der Waals surface area contributed by atoms with Crippen LogP contribution in [0.5, 0.6) is 17.2 Å². The highest BCUT2D eigenvalue weighted by atomic mass is 16.6. The van der Waals surface area contributed by atoms with E-state index in [1.165, 1.54) is 62.3 Å². The Morgan fingerprint density at radius 2 is 1.51 bits per heavy atom. The molecule has 53 heavy (non-hydrogen) atoms. The Labute approximate surface area is 306 Å². The van der Waals surface area contributed by atoms with Crippen LogP contribution in [0.1, 0.15) is 18.4 Å². The van der Waals surface area contributed by atoms with Gasteiger partial charge in [-0.1, -0.05) is 41.0 Å². The molecule has 5 amide bonds. The number of rotatable bonds is 15. The molecule has 2 unspecified atom stereocenters. The summed E-state index contributed by atoms with van der Waals surface area (Å²) in [5.41, 5.74) is 1.73. The molecule has 0 spiro atoms. The number of carbonyl (C=O) groups excluding carboxylic acids is 4. The molecule has 4 aromatic rings. The number of likely N-dealkylation sites (N-methyl/N-ethyl adjacent to an activating group) is 2. The fourth-order valence-electron chi connectivity index (χ4n) is 5.10. The van der Waals surface area contributed by atoms with Gasteiger partial charge in [0.05, 0.1) is 26.7 Å². The van der Waals surface area contributed by atoms with Crippen LogP contribution in [0, 0.1) is 0 Å². The van der Waals surface area contributed by atoms with E-state index in [2.05, 4.69) is 10.6 Å². The van der Waals surface area contributed by atoms with Gasteiger partial charge in [-0.2, -0.15) is 0 Å². The van der Waals surface area contributed by atoms with Gasteiger partial charge in [0.25, 0.3) is 0 Å². The molecule has 4 N–H and O–H groups in total. The van der Waals surface area contributed by atoms with Crippen molar-refractivity contribution in [3.05, 3.63) is 103 Å². The predicted molar refractivity (Wildman–Crippen MR) is 198 cm³/mol. The summed E-state index contributed by atoms with van der Waals surface area (Å²) in [6.45, 7) is -0.0155. The van der Waals surface area contributed by atoms with Crippen LogP contribution in [0.2, 0.25) is 0 Å². The normalized spacial score (nSPS) is 12.3. The van der Waals surface area contributed by atoms with Crippen LogP contribution in [-0.2, 0) is 19.2 Å². The highest BCUT2D eigenvalue weighted by Gasteiger charge is 2.37. The van der Waals surface area contributed by atoms with E-state index in [1.807, 2.05) is 0 Å². The molecule has 0 fully saturated rings. The molecule has 278 valence electrons. The summed E-state index contributed by atoms with van der Waals surface area (Å²) in [6, 6.07) is 25.2. The first-order valence-corrected chi connectivity index (χ1v) is 16.3. The van der Waals surface area contributed by atoms with Crippen LogP contribution in [0.3, 0.4) is 0 Å². The van der Waals surface area contributed by atoms with E-state index in [0.717, 1.165) is 0 Å². The molecule has 0 aromatic heterocycles. The van der Waals surface area contributed by atoms with Crippen LogP contribution < -0.4 is 39.3 Å². The molecule has 4 aromatic carbocycles. The molecule has 0 saturated heterocycles. The van der Waals surface area contributed by atoms with Crippen LogP contribution in [-0.4, -0.2) is 88.0 Å². The van der Waals surface area contributed by atoms with Crippen LogP contribution in [0.15, 0.2) is 97.1 Å². The van der Waals surface area contributed by atoms with Crippen molar-refractivity contribution in [2.75, 3.05) is 63.1 Å². The molecular formula is C38H42N5O10+. The molecule has 0 heterocycles. The van der Waals surface area contributed by atoms with E-state index in [-0.39, 0.29) is 22.9 Å². The van der Waals surface area contributed by atoms with Crippen molar-refractivity contribution in [3.63, 3.8) is 0 Å². The first kappa shape index (κ1) is 39.3. The van der Waals surface area contributed by atoms with Gasteiger partial charge in [0.2, 0.25) is 24.1 Å². The standard InChI is InChI=1S/C38H41N5O10/c1-25(37(47)48)26-11-9-12-27(19-26)40-38(49)39-22-34(44)42(23-35(45)41(2)28-13-7-6-8-14-28)29-15-10-16-31(20-29)53-24-36(46)43(3,50)32-21-30(51-4)17-18-33(32)52-5/h6-21,25,50H,22-24H2,1-5H3,(H2-,39,40,47,48,49)/p+1. The van der Waals surface area contributed by atoms with Gasteiger partial charge in [-0.25, -0.2) is 14.8 Å². The molecule has 0 aliphatic heterocycles. The fourth-order valence-corrected chi connectivity index (χ4v) is 5.10. The first-order chi connectivity index (χ1) is 25.2. The van der Waals surface area contributed by atoms with E-state index in [0.29, 0.717) is 22.7 Å². The SMILES string of the molecule is COc1ccc(OC)c([N+](C)(O)C(=O)COc2cccc(N(CC(=O)N(C)c3ccccc3)C(=O)CNC(=O)Nc3cccc(C(C)C(=O)O)c3)c2)c1. The van der Waals surface area contributed by atoms with E-state index >= 15 is 0 Å². The third-order valence-electron chi connectivity index (χ3n) is 8.36. The zero-order chi connectivity index (χ0) is 38.7. The second-order valence-corrected chi connectivity index (χ2v) is 11.9. The Bertz CT molecular complexity index is 1950. The summed E-state index contributed by atoms with van der Waals surface area (Å²) < 4.78 is 15.1. The number of anilines is 3. The zero-order valence-electron chi connectivity index (χ0n) is 29.9. The maximum Gasteiger partial charge on any atom is 0.388 e. The van der Waals surface area contributed by atoms with Gasteiger partial charge >= 0.3 is 17.9 Å². The summed E-state index contributed by atoms with van der Waals surface area (Å²) >= 11 is 0. The van der Waals surface area contributed by atoms with Gasteiger partial charge < -0.3 is 39.8 Å². The summed E-state index contributed by atoms with van der Waals surface area (Å²) in [6.07, 6.45) is 0. The van der Waals surface area contributed by atoms with Crippen molar-refractivity contribution in [2.45, 2.75) is 12.8 Å². The average molecular weight is 729 g/mol. The lowest BCUT2D eigenvalue weighted by atomic mass is 10.0. The minimum atomic E-state index is -1.22. The second kappa shape index (κ2) is 17.7. The lowest BCUT2D eigenvalue weighted by Gasteiger charge is -2.26. The number of quaternary nitrogens is 1. The summed E-state index contributed by atoms with van der Waals surface area (Å²) in [5, 5.41) is 25.6. The summed E-state index contributed by atoms with van der Waals surface area (Å²) in [5.74, 6) is -2.89. The van der Waals surface area contributed by atoms with Gasteiger partial charge in [-0.3, -0.25) is 14.4 Å². The molecule has 0 aliphatic carbocycles. The number of para-hydroxylation sites is 1. The minimum Gasteiger partial charge on any atom is -0.497 e. The number of urea groups is 1. The van der Waals surface area contributed by atoms with Gasteiger partial charge in [-0.15, -0.1) is 0 Å². The molecule has 0 bridgehead atoms. The van der Waals surface area contributed by atoms with Crippen molar-refractivity contribution < 1.29 is 48.5 Å². The number of methoxy groups -OCH3 is 2. The maximum atomic E-state index is 13.7. The van der Waals surface area contributed by atoms with Crippen LogP contribution in [0.25, 0.3) is 0 Å². The number of carbonyl (C=O) groups is 5. The van der Waals surface area contributed by atoms with Crippen LogP contribution in [0.4, 0.5) is 27.5 Å². The lowest BCUT2D eigenvalue weighted by molar-refractivity contribution is -0.158. The average Bonchev–Trinajstić information content (AvgIpc) is 3.17. The number of nitrogens with one attached hydrogen (secondary N) is 2. The topological polar surface area (TPSA) is 184 Å². The maximum absolute atomic E-state index is 13.7. The number of ether oxygens (including phenoxy) is 3. The highest BCUT2D eigenvalue weighted by molar-refractivity contribution is 6.05. The van der Waals surface area contributed by atoms with Crippen molar-refractivity contribution in [1.82, 2.24) is 9.96 Å². The Kier molecular flexibility index (Phi) is 13.1. The third-order valence-corrected chi connectivity index (χ3v) is 8.36. The summed E-state index contributed by atoms with van der Waals surface area (Å²) in [7, 11) is 5.67. The number of nitrogens with zero attached hydrogens (tertiary/aromatic N) is 3. The Morgan fingerprint density at radius 3 is 2.19 bits per heavy atom. The molecule has 15 nitrogen and oxygen atoms in total. The number of aliphatic carboxylic acids is 1. The lowest BCUT2D eigenvalue weighted by Crippen LogP contribution is -2.50. The number of hydrogen-bond donors (Lipinski definition) is 4. The Morgan fingerprint density at radius 1 is 0.811 bits per heavy atom. The van der Waals surface area contributed by atoms with Crippen molar-refractivity contribution in [1.29, 1.82) is 0 Å². The minimum absolute atomic E-state index is 0.117. The quantitative estimate of drug-likeness (QED) is 0.0764. The largest absolute Gasteiger partial charge is 0.497 e. The monoisotopic (exact) mass is 728 g/mol. The van der Waals surface area contributed by atoms with Gasteiger partial charge in [0.15, 0.2) is 5.75 Å². The molecule has 15 heteroatoms. The Balaban J connectivity index is 1.52. The van der Waals surface area contributed by atoms with Gasteiger partial charge in [-0.05, 0) is 61.0 Å². The van der Waals surface area contributed by atoms with E-state index in [9.17, 15) is 34.3 Å². The molecule has 0 radical (unpaired) electrons. The third kappa shape index (κ3) is 10.1. The highest BCUT2D eigenvalue weighted by Crippen LogP contribution is 2.35. The number of amides is 5. The summed E-state index contributed by atoms with van der Waals surface area (Å²) in [4.78, 5) is 67.2. The first-order valence-electron chi connectivity index (χ1n) is 16.3. The van der Waals surface area contributed by atoms with E-state index < -0.39 is 60.0 Å². The Hall–Kier alpha value is -6.45. The van der Waals surface area contributed by atoms with Gasteiger partial charge in [0.1, 0.15) is 25.1 Å². The van der Waals surface area contributed by atoms with Crippen molar-refractivity contribution >= 4 is 52.5 Å². The van der Waals surface area contributed by atoms with E-state index in [4.69, 9.17) is 14.2 Å². The van der Waals surface area contributed by atoms with Crippen molar-refractivity contribution in [3.8, 4) is 17.2 Å². The molecule has 4 rings (SSSR count). The molecule has 2 atom stereocenters. The molecule has 0 aliphatic rings. The number of hydroxylamine groups is 2. The number of carboxylic acids is 1. The molecular weight excluding hydrogens is 686 g/mol. The van der Waals surface area contributed by atoms with E-state index in [1.54, 1.807) is 79.8 Å². The van der Waals surface area contributed by atoms with Crippen LogP contribution >= 0.6 is 0 Å². The fraction of sp³-hybridized carbons (Fsp3) is 0.237.